The van der Waals surface area contributed by atoms with Crippen LogP contribution in [0.25, 0.3) is 0 Å². The van der Waals surface area contributed by atoms with Crippen LogP contribution in [0.2, 0.25) is 0 Å². The van der Waals surface area contributed by atoms with Crippen LogP contribution in [-0.4, -0.2) is 67.9 Å². The Labute approximate surface area is 146 Å². The Balaban J connectivity index is 1.66. The van der Waals surface area contributed by atoms with Crippen LogP contribution in [0.1, 0.15) is 48.8 Å². The molecule has 2 saturated heterocycles. The maximum atomic E-state index is 11.9. The van der Waals surface area contributed by atoms with E-state index in [9.17, 15) is 4.79 Å². The van der Waals surface area contributed by atoms with Crippen LogP contribution in [0, 0.1) is 0 Å². The van der Waals surface area contributed by atoms with Crippen LogP contribution in [0.5, 0.6) is 0 Å². The first-order chi connectivity index (χ1) is 11.6. The molecule has 2 aliphatic rings. The van der Waals surface area contributed by atoms with Crippen molar-refractivity contribution < 1.29 is 4.79 Å². The Hall–Kier alpha value is -1.39. The van der Waals surface area contributed by atoms with Crippen LogP contribution >= 0.6 is 0 Å². The number of amides is 1. The molecule has 0 radical (unpaired) electrons. The third-order valence-electron chi connectivity index (χ3n) is 5.76. The topological polar surface area (TPSA) is 26.8 Å². The number of likely N-dealkylation sites (N-methyl/N-ethyl adjacent to an activating group) is 1. The molecule has 0 N–H and O–H groups in total. The molecule has 24 heavy (non-hydrogen) atoms. The molecule has 132 valence electrons. The van der Waals surface area contributed by atoms with Gasteiger partial charge < -0.3 is 4.90 Å². The van der Waals surface area contributed by atoms with Crippen molar-refractivity contribution in [3.8, 4) is 0 Å². The predicted molar refractivity (Wildman–Crippen MR) is 98.2 cm³/mol. The van der Waals surface area contributed by atoms with Crippen molar-refractivity contribution in [1.29, 1.82) is 0 Å². The summed E-state index contributed by atoms with van der Waals surface area (Å²) in [4.78, 5) is 18.4. The van der Waals surface area contributed by atoms with Gasteiger partial charge in [-0.05, 0) is 69.4 Å². The predicted octanol–water partition coefficient (Wildman–Crippen LogP) is 2.72. The van der Waals surface area contributed by atoms with E-state index in [1.165, 1.54) is 19.4 Å². The first kappa shape index (κ1) is 17.4. The van der Waals surface area contributed by atoms with E-state index in [1.807, 2.05) is 14.1 Å². The Morgan fingerprint density at radius 3 is 2.33 bits per heavy atom. The highest BCUT2D eigenvalue weighted by Crippen LogP contribution is 2.38. The lowest BCUT2D eigenvalue weighted by Gasteiger charge is -2.34. The average molecular weight is 329 g/mol. The maximum Gasteiger partial charge on any atom is 0.236 e. The second-order valence-electron chi connectivity index (χ2n) is 7.61. The van der Waals surface area contributed by atoms with Crippen LogP contribution in [0.3, 0.4) is 0 Å². The van der Waals surface area contributed by atoms with Gasteiger partial charge >= 0.3 is 0 Å². The van der Waals surface area contributed by atoms with Gasteiger partial charge in [-0.1, -0.05) is 24.3 Å². The van der Waals surface area contributed by atoms with E-state index in [-0.39, 0.29) is 5.91 Å². The molecule has 0 spiro atoms. The van der Waals surface area contributed by atoms with Gasteiger partial charge in [0.1, 0.15) is 0 Å². The number of carbonyl (C=O) groups is 1. The van der Waals surface area contributed by atoms with Crippen LogP contribution < -0.4 is 0 Å². The number of hydrogen-bond donors (Lipinski definition) is 0. The summed E-state index contributed by atoms with van der Waals surface area (Å²) in [5, 5.41) is 0. The fraction of sp³-hybridized carbons (Fsp3) is 0.650. The van der Waals surface area contributed by atoms with Gasteiger partial charge in [-0.15, -0.1) is 0 Å². The van der Waals surface area contributed by atoms with Crippen LogP contribution in [0.15, 0.2) is 24.3 Å². The highest BCUT2D eigenvalue weighted by atomic mass is 16.2. The standard InChI is InChI=1S/C20H31N3O/c1-21(2)20(24)15-23-13-10-16(11-14-23)17-7-4-5-8-18(17)19-9-6-12-22(19)3/h4-5,7-8,16,19H,6,9-15H2,1-3H3/t19-/m1/s1. The van der Waals surface area contributed by atoms with Gasteiger partial charge in [0, 0.05) is 20.1 Å². The van der Waals surface area contributed by atoms with Crippen molar-refractivity contribution in [2.45, 2.75) is 37.6 Å². The summed E-state index contributed by atoms with van der Waals surface area (Å²) in [6.45, 7) is 3.83. The number of hydrogen-bond acceptors (Lipinski definition) is 3. The molecule has 3 rings (SSSR count). The van der Waals surface area contributed by atoms with E-state index in [4.69, 9.17) is 0 Å². The highest BCUT2D eigenvalue weighted by molar-refractivity contribution is 5.77. The number of rotatable bonds is 4. The quantitative estimate of drug-likeness (QED) is 0.850. The Morgan fingerprint density at radius 1 is 1.08 bits per heavy atom. The maximum absolute atomic E-state index is 11.9. The number of carbonyl (C=O) groups excluding carboxylic acids is 1. The zero-order chi connectivity index (χ0) is 17.1. The second-order valence-corrected chi connectivity index (χ2v) is 7.61. The summed E-state index contributed by atoms with van der Waals surface area (Å²) >= 11 is 0. The second kappa shape index (κ2) is 7.66. The average Bonchev–Trinajstić information content (AvgIpc) is 3.01. The lowest BCUT2D eigenvalue weighted by atomic mass is 9.84. The number of piperidine rings is 1. The molecular weight excluding hydrogens is 298 g/mol. The van der Waals surface area contributed by atoms with E-state index < -0.39 is 0 Å². The molecule has 1 atom stereocenters. The molecule has 0 aromatic heterocycles. The Kier molecular flexibility index (Phi) is 5.57. The number of likely N-dealkylation sites (tertiary alicyclic amines) is 2. The minimum absolute atomic E-state index is 0.210. The fourth-order valence-corrected chi connectivity index (χ4v) is 4.22. The summed E-state index contributed by atoms with van der Waals surface area (Å²) in [5.41, 5.74) is 3.09. The number of benzene rings is 1. The molecule has 2 fully saturated rings. The largest absolute Gasteiger partial charge is 0.348 e. The van der Waals surface area contributed by atoms with Crippen molar-refractivity contribution in [3.05, 3.63) is 35.4 Å². The molecule has 2 aliphatic heterocycles. The zero-order valence-corrected chi connectivity index (χ0v) is 15.4. The molecule has 1 amide bonds. The lowest BCUT2D eigenvalue weighted by Crippen LogP contribution is -2.40. The van der Waals surface area contributed by atoms with Gasteiger partial charge in [0.25, 0.3) is 0 Å². The molecule has 4 nitrogen and oxygen atoms in total. The van der Waals surface area contributed by atoms with E-state index in [0.29, 0.717) is 18.5 Å². The van der Waals surface area contributed by atoms with Gasteiger partial charge in [-0.2, -0.15) is 0 Å². The molecule has 2 heterocycles. The van der Waals surface area contributed by atoms with E-state index in [1.54, 1.807) is 16.0 Å². The Morgan fingerprint density at radius 2 is 1.75 bits per heavy atom. The number of nitrogens with zero attached hydrogens (tertiary/aromatic N) is 3. The fourth-order valence-electron chi connectivity index (χ4n) is 4.22. The van der Waals surface area contributed by atoms with Gasteiger partial charge in [0.05, 0.1) is 6.54 Å². The molecule has 1 aromatic rings. The third-order valence-corrected chi connectivity index (χ3v) is 5.76. The van der Waals surface area contributed by atoms with E-state index in [2.05, 4.69) is 41.1 Å². The van der Waals surface area contributed by atoms with Crippen molar-refractivity contribution in [1.82, 2.24) is 14.7 Å². The molecule has 1 aromatic carbocycles. The van der Waals surface area contributed by atoms with Crippen molar-refractivity contribution >= 4 is 5.91 Å². The summed E-state index contributed by atoms with van der Waals surface area (Å²) in [6.07, 6.45) is 4.91. The molecule has 0 aliphatic carbocycles. The monoisotopic (exact) mass is 329 g/mol. The molecule has 0 saturated carbocycles. The van der Waals surface area contributed by atoms with Gasteiger partial charge in [-0.25, -0.2) is 0 Å². The van der Waals surface area contributed by atoms with Crippen LogP contribution in [-0.2, 0) is 4.79 Å². The first-order valence-corrected chi connectivity index (χ1v) is 9.28. The van der Waals surface area contributed by atoms with Crippen LogP contribution in [0.4, 0.5) is 0 Å². The van der Waals surface area contributed by atoms with Crippen molar-refractivity contribution in [2.75, 3.05) is 47.3 Å². The minimum atomic E-state index is 0.210. The SMILES string of the molecule is CN(C)C(=O)CN1CCC(c2ccccc2[C@H]2CCCN2C)CC1. The normalized spacial score (nSPS) is 23.5. The zero-order valence-electron chi connectivity index (χ0n) is 15.4. The van der Waals surface area contributed by atoms with Gasteiger partial charge in [0.15, 0.2) is 0 Å². The van der Waals surface area contributed by atoms with E-state index in [0.717, 1.165) is 25.9 Å². The van der Waals surface area contributed by atoms with Gasteiger partial charge in [0.2, 0.25) is 5.91 Å². The summed E-state index contributed by atoms with van der Waals surface area (Å²) in [7, 11) is 5.93. The summed E-state index contributed by atoms with van der Waals surface area (Å²) < 4.78 is 0. The summed E-state index contributed by atoms with van der Waals surface area (Å²) in [5.74, 6) is 0.849. The smallest absolute Gasteiger partial charge is 0.236 e. The van der Waals surface area contributed by atoms with E-state index >= 15 is 0 Å². The molecule has 0 bridgehead atoms. The first-order valence-electron chi connectivity index (χ1n) is 9.28. The molecular formula is C20H31N3O. The lowest BCUT2D eigenvalue weighted by molar-refractivity contribution is -0.130. The summed E-state index contributed by atoms with van der Waals surface area (Å²) in [6, 6.07) is 9.65. The van der Waals surface area contributed by atoms with Crippen molar-refractivity contribution in [3.63, 3.8) is 0 Å². The molecule has 0 unspecified atom stereocenters. The van der Waals surface area contributed by atoms with Gasteiger partial charge in [-0.3, -0.25) is 14.6 Å². The van der Waals surface area contributed by atoms with Crippen molar-refractivity contribution in [2.24, 2.45) is 0 Å². The third kappa shape index (κ3) is 3.81. The Bertz CT molecular complexity index is 564. The highest BCUT2D eigenvalue weighted by Gasteiger charge is 2.29. The molecule has 4 heteroatoms. The minimum Gasteiger partial charge on any atom is -0.348 e.